The minimum absolute atomic E-state index is 0.0448. The predicted molar refractivity (Wildman–Crippen MR) is 86.7 cm³/mol. The Morgan fingerprint density at radius 3 is 2.48 bits per heavy atom. The van der Waals surface area contributed by atoms with Crippen LogP contribution in [0.5, 0.6) is 0 Å². The summed E-state index contributed by atoms with van der Waals surface area (Å²) in [5, 5.41) is 14.5. The standard InChI is InChI=1S/C15H21BrN2O3/c1-9(15(2,3)4)8-17-14(21)18-12-10(13(19)20)6-5-7-11(12)16/h5-7,9H,8H2,1-4H3,(H,19,20)(H2,17,18,21). The number of amides is 2. The Balaban J connectivity index is 2.74. The van der Waals surface area contributed by atoms with Crippen LogP contribution in [0.2, 0.25) is 0 Å². The van der Waals surface area contributed by atoms with E-state index in [1.54, 1.807) is 12.1 Å². The lowest BCUT2D eigenvalue weighted by Gasteiger charge is -2.27. The van der Waals surface area contributed by atoms with E-state index in [1.807, 2.05) is 0 Å². The van der Waals surface area contributed by atoms with Gasteiger partial charge in [-0.1, -0.05) is 33.8 Å². The summed E-state index contributed by atoms with van der Waals surface area (Å²) < 4.78 is 0.529. The van der Waals surface area contributed by atoms with Gasteiger partial charge >= 0.3 is 12.0 Å². The van der Waals surface area contributed by atoms with Gasteiger partial charge in [0.1, 0.15) is 0 Å². The minimum atomic E-state index is -1.09. The van der Waals surface area contributed by atoms with E-state index in [1.165, 1.54) is 6.07 Å². The minimum Gasteiger partial charge on any atom is -0.478 e. The summed E-state index contributed by atoms with van der Waals surface area (Å²) in [7, 11) is 0. The highest BCUT2D eigenvalue weighted by Crippen LogP contribution is 2.27. The number of rotatable bonds is 4. The summed E-state index contributed by atoms with van der Waals surface area (Å²) in [6.07, 6.45) is 0. The topological polar surface area (TPSA) is 78.4 Å². The van der Waals surface area contributed by atoms with E-state index in [-0.39, 0.29) is 16.7 Å². The molecule has 0 aliphatic heterocycles. The van der Waals surface area contributed by atoms with E-state index < -0.39 is 12.0 Å². The smallest absolute Gasteiger partial charge is 0.337 e. The third kappa shape index (κ3) is 5.04. The van der Waals surface area contributed by atoms with Crippen LogP contribution in [0.1, 0.15) is 38.1 Å². The number of halogens is 1. The summed E-state index contributed by atoms with van der Waals surface area (Å²) in [5.74, 6) is -0.795. The molecule has 1 aromatic carbocycles. The molecule has 0 spiro atoms. The average molecular weight is 357 g/mol. The van der Waals surface area contributed by atoms with Gasteiger partial charge in [-0.25, -0.2) is 9.59 Å². The number of benzene rings is 1. The van der Waals surface area contributed by atoms with Gasteiger partial charge in [-0.05, 0) is 39.4 Å². The van der Waals surface area contributed by atoms with Crippen molar-refractivity contribution in [2.45, 2.75) is 27.7 Å². The molecule has 2 amide bonds. The number of aromatic carboxylic acids is 1. The van der Waals surface area contributed by atoms with Crippen molar-refractivity contribution < 1.29 is 14.7 Å². The summed E-state index contributed by atoms with van der Waals surface area (Å²) in [5.41, 5.74) is 0.390. The molecule has 0 radical (unpaired) electrons. The molecule has 1 rings (SSSR count). The van der Waals surface area contributed by atoms with Crippen molar-refractivity contribution >= 4 is 33.6 Å². The van der Waals surface area contributed by atoms with Gasteiger partial charge in [0.2, 0.25) is 0 Å². The first-order valence-corrected chi connectivity index (χ1v) is 7.49. The molecule has 0 aliphatic carbocycles. The zero-order chi connectivity index (χ0) is 16.2. The number of hydrogen-bond donors (Lipinski definition) is 3. The molecule has 1 aromatic rings. The van der Waals surface area contributed by atoms with Gasteiger partial charge in [0.05, 0.1) is 11.3 Å². The molecule has 0 saturated carbocycles. The molecule has 0 bridgehead atoms. The van der Waals surface area contributed by atoms with E-state index in [9.17, 15) is 9.59 Å². The SMILES string of the molecule is CC(CNC(=O)Nc1c(Br)cccc1C(=O)O)C(C)(C)C. The average Bonchev–Trinajstić information content (AvgIpc) is 2.36. The Bertz CT molecular complexity index is 538. The number of nitrogens with one attached hydrogen (secondary N) is 2. The first-order valence-electron chi connectivity index (χ1n) is 6.69. The Morgan fingerprint density at radius 1 is 1.33 bits per heavy atom. The molecule has 0 saturated heterocycles. The van der Waals surface area contributed by atoms with Gasteiger partial charge < -0.3 is 15.7 Å². The quantitative estimate of drug-likeness (QED) is 0.763. The summed E-state index contributed by atoms with van der Waals surface area (Å²) >= 11 is 3.25. The van der Waals surface area contributed by atoms with Crippen molar-refractivity contribution in [3.05, 3.63) is 28.2 Å². The fraction of sp³-hybridized carbons (Fsp3) is 0.467. The van der Waals surface area contributed by atoms with Gasteiger partial charge in [-0.3, -0.25) is 0 Å². The van der Waals surface area contributed by atoms with Crippen LogP contribution in [0.3, 0.4) is 0 Å². The van der Waals surface area contributed by atoms with Crippen LogP contribution >= 0.6 is 15.9 Å². The molecule has 0 heterocycles. The maximum Gasteiger partial charge on any atom is 0.337 e. The molecule has 3 N–H and O–H groups in total. The molecule has 1 atom stereocenters. The number of hydrogen-bond acceptors (Lipinski definition) is 2. The van der Waals surface area contributed by atoms with E-state index >= 15 is 0 Å². The van der Waals surface area contributed by atoms with E-state index in [0.717, 1.165) is 0 Å². The highest BCUT2D eigenvalue weighted by Gasteiger charge is 2.21. The molecule has 0 fully saturated rings. The Morgan fingerprint density at radius 2 is 1.95 bits per heavy atom. The summed E-state index contributed by atoms with van der Waals surface area (Å²) in [4.78, 5) is 23.1. The fourth-order valence-corrected chi connectivity index (χ4v) is 2.00. The van der Waals surface area contributed by atoms with Crippen LogP contribution in [-0.2, 0) is 0 Å². The fourth-order valence-electron chi connectivity index (χ4n) is 1.54. The third-order valence-corrected chi connectivity index (χ3v) is 4.19. The first kappa shape index (κ1) is 17.5. The molecule has 21 heavy (non-hydrogen) atoms. The second kappa shape index (κ2) is 6.93. The largest absolute Gasteiger partial charge is 0.478 e. The van der Waals surface area contributed by atoms with Crippen LogP contribution in [-0.4, -0.2) is 23.7 Å². The molecule has 1 unspecified atom stereocenters. The summed E-state index contributed by atoms with van der Waals surface area (Å²) in [6.45, 7) is 8.89. The molecular formula is C15H21BrN2O3. The highest BCUT2D eigenvalue weighted by atomic mass is 79.9. The monoisotopic (exact) mass is 356 g/mol. The predicted octanol–water partition coefficient (Wildman–Crippen LogP) is 3.95. The van der Waals surface area contributed by atoms with Crippen molar-refractivity contribution in [2.24, 2.45) is 11.3 Å². The van der Waals surface area contributed by atoms with Crippen molar-refractivity contribution in [3.8, 4) is 0 Å². The van der Waals surface area contributed by atoms with Gasteiger partial charge in [-0.15, -0.1) is 0 Å². The second-order valence-electron chi connectivity index (χ2n) is 6.07. The lowest BCUT2D eigenvalue weighted by molar-refractivity contribution is 0.0698. The van der Waals surface area contributed by atoms with Crippen molar-refractivity contribution in [3.63, 3.8) is 0 Å². The number of carbonyl (C=O) groups is 2. The maximum absolute atomic E-state index is 11.9. The zero-order valence-corrected chi connectivity index (χ0v) is 14.2. The lowest BCUT2D eigenvalue weighted by atomic mass is 9.82. The molecule has 0 aliphatic rings. The number of carboxylic acid groups (broad SMARTS) is 1. The number of urea groups is 1. The van der Waals surface area contributed by atoms with Gasteiger partial charge in [0.25, 0.3) is 0 Å². The zero-order valence-electron chi connectivity index (χ0n) is 12.7. The van der Waals surface area contributed by atoms with E-state index in [4.69, 9.17) is 5.11 Å². The first-order chi connectivity index (χ1) is 9.62. The van der Waals surface area contributed by atoms with Gasteiger partial charge in [0, 0.05) is 11.0 Å². The lowest BCUT2D eigenvalue weighted by Crippen LogP contribution is -2.36. The normalized spacial score (nSPS) is 12.6. The third-order valence-electron chi connectivity index (χ3n) is 3.53. The molecule has 0 aromatic heterocycles. The van der Waals surface area contributed by atoms with Crippen molar-refractivity contribution in [1.82, 2.24) is 5.32 Å². The molecule has 5 nitrogen and oxygen atoms in total. The number of anilines is 1. The Hall–Kier alpha value is -1.56. The van der Waals surface area contributed by atoms with Crippen LogP contribution in [0, 0.1) is 11.3 Å². The van der Waals surface area contributed by atoms with E-state index in [2.05, 4.69) is 54.3 Å². The maximum atomic E-state index is 11.9. The van der Waals surface area contributed by atoms with Crippen LogP contribution < -0.4 is 10.6 Å². The van der Waals surface area contributed by atoms with Gasteiger partial charge in [0.15, 0.2) is 0 Å². The highest BCUT2D eigenvalue weighted by molar-refractivity contribution is 9.10. The van der Waals surface area contributed by atoms with E-state index in [0.29, 0.717) is 16.9 Å². The molecule has 6 heteroatoms. The van der Waals surface area contributed by atoms with Crippen LogP contribution in [0.25, 0.3) is 0 Å². The van der Waals surface area contributed by atoms with Crippen LogP contribution in [0.15, 0.2) is 22.7 Å². The summed E-state index contributed by atoms with van der Waals surface area (Å²) in [6, 6.07) is 4.32. The number of para-hydroxylation sites is 1. The second-order valence-corrected chi connectivity index (χ2v) is 6.92. The van der Waals surface area contributed by atoms with Crippen molar-refractivity contribution in [2.75, 3.05) is 11.9 Å². The Labute approximate surface area is 133 Å². The molecular weight excluding hydrogens is 336 g/mol. The van der Waals surface area contributed by atoms with Crippen LogP contribution in [0.4, 0.5) is 10.5 Å². The van der Waals surface area contributed by atoms with Gasteiger partial charge in [-0.2, -0.15) is 0 Å². The number of carbonyl (C=O) groups excluding carboxylic acids is 1. The molecule has 116 valence electrons. The van der Waals surface area contributed by atoms with Crippen molar-refractivity contribution in [1.29, 1.82) is 0 Å². The Kier molecular flexibility index (Phi) is 5.78. The number of carboxylic acids is 1.